The highest BCUT2D eigenvalue weighted by Crippen LogP contribution is 2.52. The van der Waals surface area contributed by atoms with Gasteiger partial charge in [-0.2, -0.15) is 0 Å². The van der Waals surface area contributed by atoms with E-state index in [2.05, 4.69) is 6.92 Å². The number of unbranched alkanes of at least 4 members (excludes halogenated alkanes) is 1. The third kappa shape index (κ3) is 5.07. The number of carboxylic acid groups (broad SMARTS) is 1. The first-order valence-corrected chi connectivity index (χ1v) is 11.9. The average molecular weight is 475 g/mol. The van der Waals surface area contributed by atoms with Crippen molar-refractivity contribution in [3.8, 4) is 17.2 Å². The average Bonchev–Trinajstić information content (AvgIpc) is 2.78. The van der Waals surface area contributed by atoms with Gasteiger partial charge >= 0.3 is 5.97 Å². The number of halogens is 1. The van der Waals surface area contributed by atoms with Crippen molar-refractivity contribution >= 4 is 17.6 Å². The molecule has 2 aliphatic rings. The van der Waals surface area contributed by atoms with Gasteiger partial charge in [-0.3, -0.25) is 4.79 Å². The summed E-state index contributed by atoms with van der Waals surface area (Å²) in [5, 5.41) is 10.4. The summed E-state index contributed by atoms with van der Waals surface area (Å²) in [6.07, 6.45) is 1.49. The second-order valence-electron chi connectivity index (χ2n) is 9.23. The van der Waals surface area contributed by atoms with E-state index in [-0.39, 0.29) is 18.6 Å². The Bertz CT molecular complexity index is 990. The molecule has 178 valence electrons. The maximum Gasteiger partial charge on any atom is 0.309 e. The summed E-state index contributed by atoms with van der Waals surface area (Å²) in [6.45, 7) is 6.83. The molecule has 1 fully saturated rings. The van der Waals surface area contributed by atoms with Crippen LogP contribution in [0, 0.1) is 11.8 Å². The minimum absolute atomic E-state index is 0.0905. The van der Waals surface area contributed by atoms with Crippen LogP contribution in [0.25, 0.3) is 0 Å². The van der Waals surface area contributed by atoms with E-state index in [0.29, 0.717) is 23.8 Å². The number of fused-ring (bicyclic) bond motifs is 3. The molecule has 7 heteroatoms. The van der Waals surface area contributed by atoms with Crippen LogP contribution >= 0.6 is 11.6 Å². The van der Waals surface area contributed by atoms with Crippen LogP contribution in [0.2, 0.25) is 5.02 Å². The smallest absolute Gasteiger partial charge is 0.309 e. The fourth-order valence-corrected chi connectivity index (χ4v) is 4.83. The molecule has 2 aromatic rings. The number of carboxylic acids is 1. The van der Waals surface area contributed by atoms with Gasteiger partial charge in [0.05, 0.1) is 23.7 Å². The number of hydrogen-bond acceptors (Lipinski definition) is 5. The van der Waals surface area contributed by atoms with Crippen molar-refractivity contribution < 1.29 is 28.8 Å². The highest BCUT2D eigenvalue weighted by Gasteiger charge is 2.52. The van der Waals surface area contributed by atoms with Crippen LogP contribution < -0.4 is 14.2 Å². The summed E-state index contributed by atoms with van der Waals surface area (Å²) < 4.78 is 24.6. The minimum atomic E-state index is -0.903. The molecule has 0 radical (unpaired) electrons. The Balaban J connectivity index is 1.60. The summed E-state index contributed by atoms with van der Waals surface area (Å²) in [5.41, 5.74) is 0.310. The zero-order chi connectivity index (χ0) is 23.6. The number of ether oxygens (including phenoxy) is 4. The molecule has 33 heavy (non-hydrogen) atoms. The van der Waals surface area contributed by atoms with Crippen LogP contribution in [0.5, 0.6) is 17.2 Å². The largest absolute Gasteiger partial charge is 0.494 e. The molecule has 0 amide bonds. The Labute approximate surface area is 199 Å². The van der Waals surface area contributed by atoms with E-state index in [1.54, 1.807) is 12.1 Å². The van der Waals surface area contributed by atoms with Crippen LogP contribution in [-0.4, -0.2) is 36.0 Å². The number of benzene rings is 2. The van der Waals surface area contributed by atoms with E-state index in [1.165, 1.54) is 0 Å². The first-order chi connectivity index (χ1) is 15.8. The van der Waals surface area contributed by atoms with Crippen LogP contribution in [0.1, 0.15) is 51.7 Å². The lowest BCUT2D eigenvalue weighted by molar-refractivity contribution is -0.192. The molecule has 1 N–H and O–H groups in total. The number of para-hydroxylation sites is 1. The molecule has 0 aliphatic carbocycles. The summed E-state index contributed by atoms with van der Waals surface area (Å²) in [6, 6.07) is 12.9. The Morgan fingerprint density at radius 1 is 1.21 bits per heavy atom. The van der Waals surface area contributed by atoms with E-state index in [1.807, 2.05) is 44.2 Å². The summed E-state index contributed by atoms with van der Waals surface area (Å²) in [5.74, 6) is 0.254. The van der Waals surface area contributed by atoms with Crippen LogP contribution in [0.3, 0.4) is 0 Å². The molecule has 0 aromatic heterocycles. The van der Waals surface area contributed by atoms with Gasteiger partial charge in [-0.25, -0.2) is 0 Å². The van der Waals surface area contributed by atoms with Crippen LogP contribution in [0.15, 0.2) is 42.5 Å². The van der Waals surface area contributed by atoms with Crippen molar-refractivity contribution in [1.82, 2.24) is 0 Å². The predicted octanol–water partition coefficient (Wildman–Crippen LogP) is 5.92. The monoisotopic (exact) mass is 474 g/mol. The molecule has 2 aliphatic heterocycles. The van der Waals surface area contributed by atoms with Gasteiger partial charge in [0, 0.05) is 11.5 Å². The second-order valence-corrected chi connectivity index (χ2v) is 9.64. The zero-order valence-electron chi connectivity index (χ0n) is 19.3. The number of rotatable bonds is 8. The lowest BCUT2D eigenvalue weighted by Gasteiger charge is -2.50. The quantitative estimate of drug-likeness (QED) is 0.479. The number of carbonyl (C=O) groups is 1. The van der Waals surface area contributed by atoms with Gasteiger partial charge in [-0.05, 0) is 57.0 Å². The first-order valence-electron chi connectivity index (χ1n) is 11.5. The van der Waals surface area contributed by atoms with Crippen molar-refractivity contribution in [3.05, 3.63) is 53.1 Å². The van der Waals surface area contributed by atoms with E-state index >= 15 is 0 Å². The van der Waals surface area contributed by atoms with Gasteiger partial charge < -0.3 is 24.1 Å². The van der Waals surface area contributed by atoms with Crippen molar-refractivity contribution in [2.45, 2.75) is 57.8 Å². The van der Waals surface area contributed by atoms with Gasteiger partial charge in [0.25, 0.3) is 0 Å². The molecule has 4 rings (SSSR count). The Hall–Kier alpha value is -2.44. The molecule has 0 bridgehead atoms. The molecule has 6 nitrogen and oxygen atoms in total. The van der Waals surface area contributed by atoms with Gasteiger partial charge in [0.2, 0.25) is 0 Å². The minimum Gasteiger partial charge on any atom is -0.494 e. The Morgan fingerprint density at radius 2 is 2.00 bits per heavy atom. The normalized spacial score (nSPS) is 25.3. The third-order valence-electron chi connectivity index (χ3n) is 6.52. The van der Waals surface area contributed by atoms with Gasteiger partial charge in [-0.15, -0.1) is 0 Å². The van der Waals surface area contributed by atoms with Gasteiger partial charge in [0.15, 0.2) is 0 Å². The van der Waals surface area contributed by atoms with E-state index in [0.717, 1.165) is 29.9 Å². The second kappa shape index (κ2) is 9.82. The van der Waals surface area contributed by atoms with Crippen LogP contribution in [-0.2, 0) is 9.53 Å². The lowest BCUT2D eigenvalue weighted by Crippen LogP contribution is -2.53. The third-order valence-corrected chi connectivity index (χ3v) is 6.83. The van der Waals surface area contributed by atoms with E-state index in [9.17, 15) is 9.90 Å². The summed E-state index contributed by atoms with van der Waals surface area (Å²) in [7, 11) is 0. The molecule has 4 atom stereocenters. The highest BCUT2D eigenvalue weighted by atomic mass is 35.5. The first kappa shape index (κ1) is 23.7. The van der Waals surface area contributed by atoms with Crippen molar-refractivity contribution in [2.75, 3.05) is 13.2 Å². The molecule has 2 aromatic carbocycles. The maximum absolute atomic E-state index is 12.2. The summed E-state index contributed by atoms with van der Waals surface area (Å²) >= 11 is 6.21. The fraction of sp³-hybridized carbons (Fsp3) is 0.500. The zero-order valence-corrected chi connectivity index (χ0v) is 20.0. The standard InChI is InChI=1S/C26H31ClO6/c1-4-5-12-30-16-10-11-21-17(13-16)24-19(26(2,3)33-21)14-18(25(28)29)23(32-24)15-31-22-9-7-6-8-20(22)27/h6-11,13,18-19,23-24H,4-5,12,14-15H2,1-3H3,(H,28,29)/t18-,19-,23-,24+/m0/s1. The number of aliphatic carboxylic acids is 1. The number of hydrogen-bond donors (Lipinski definition) is 1. The highest BCUT2D eigenvalue weighted by molar-refractivity contribution is 6.32. The van der Waals surface area contributed by atoms with E-state index in [4.69, 9.17) is 30.5 Å². The maximum atomic E-state index is 12.2. The summed E-state index contributed by atoms with van der Waals surface area (Å²) in [4.78, 5) is 12.2. The van der Waals surface area contributed by atoms with Crippen LogP contribution in [0.4, 0.5) is 0 Å². The molecule has 2 heterocycles. The lowest BCUT2D eigenvalue weighted by atomic mass is 9.72. The van der Waals surface area contributed by atoms with E-state index < -0.39 is 23.6 Å². The van der Waals surface area contributed by atoms with Gasteiger partial charge in [0.1, 0.15) is 35.6 Å². The SMILES string of the molecule is CCCCOc1ccc2c(c1)[C@H]1O[C@@H](COc3ccccc3Cl)[C@@H](C(=O)O)C[C@@H]1C(C)(C)O2. The molecule has 0 unspecified atom stereocenters. The Kier molecular flexibility index (Phi) is 7.05. The van der Waals surface area contributed by atoms with Crippen molar-refractivity contribution in [2.24, 2.45) is 11.8 Å². The van der Waals surface area contributed by atoms with Crippen molar-refractivity contribution in [3.63, 3.8) is 0 Å². The van der Waals surface area contributed by atoms with Crippen molar-refractivity contribution in [1.29, 1.82) is 0 Å². The Morgan fingerprint density at radius 3 is 2.73 bits per heavy atom. The molecule has 1 saturated heterocycles. The van der Waals surface area contributed by atoms with Gasteiger partial charge in [-0.1, -0.05) is 37.1 Å². The molecule has 0 spiro atoms. The molecule has 0 saturated carbocycles. The predicted molar refractivity (Wildman–Crippen MR) is 125 cm³/mol. The molecular formula is C26H31ClO6. The topological polar surface area (TPSA) is 74.2 Å². The molecular weight excluding hydrogens is 444 g/mol. The fourth-order valence-electron chi connectivity index (χ4n) is 4.64.